The minimum atomic E-state index is -0.0274. The standard InChI is InChI=1S/C19H20N4O/c1-22(15-5-7-16(8-6-15)23-10-2-3-11-23)19(24)14-4-9-17-18(12-14)21-13-20-17/h4-9,12-13H,2-3,10-11H2,1H3,(H,20,21). The fourth-order valence-corrected chi connectivity index (χ4v) is 3.24. The second kappa shape index (κ2) is 6.00. The lowest BCUT2D eigenvalue weighted by atomic mass is 10.1. The van der Waals surface area contributed by atoms with Crippen molar-refractivity contribution in [3.63, 3.8) is 0 Å². The Morgan fingerprint density at radius 2 is 1.88 bits per heavy atom. The first kappa shape index (κ1) is 14.8. The first-order chi connectivity index (χ1) is 11.7. The number of benzene rings is 2. The van der Waals surface area contributed by atoms with Crippen molar-refractivity contribution in [1.29, 1.82) is 0 Å². The Morgan fingerprint density at radius 1 is 1.12 bits per heavy atom. The number of carbonyl (C=O) groups excluding carboxylic acids is 1. The Bertz CT molecular complexity index is 862. The number of carbonyl (C=O) groups is 1. The molecule has 0 unspecified atom stereocenters. The molecule has 0 atom stereocenters. The average molecular weight is 320 g/mol. The van der Waals surface area contributed by atoms with E-state index in [0.717, 1.165) is 29.8 Å². The van der Waals surface area contributed by atoms with Crippen LogP contribution in [0.4, 0.5) is 11.4 Å². The molecule has 4 rings (SSSR count). The van der Waals surface area contributed by atoms with Crippen molar-refractivity contribution in [1.82, 2.24) is 9.97 Å². The molecule has 1 fully saturated rings. The van der Waals surface area contributed by atoms with Crippen LogP contribution in [-0.4, -0.2) is 36.0 Å². The van der Waals surface area contributed by atoms with Crippen LogP contribution in [0.1, 0.15) is 23.2 Å². The van der Waals surface area contributed by atoms with E-state index in [1.165, 1.54) is 18.5 Å². The molecule has 5 nitrogen and oxygen atoms in total. The van der Waals surface area contributed by atoms with Crippen molar-refractivity contribution in [3.8, 4) is 0 Å². The highest BCUT2D eigenvalue weighted by Crippen LogP contribution is 2.24. The van der Waals surface area contributed by atoms with Gasteiger partial charge in [-0.2, -0.15) is 0 Å². The molecule has 1 aliphatic rings. The van der Waals surface area contributed by atoms with Gasteiger partial charge in [-0.25, -0.2) is 4.98 Å². The van der Waals surface area contributed by atoms with Crippen molar-refractivity contribution in [2.45, 2.75) is 12.8 Å². The second-order valence-corrected chi connectivity index (χ2v) is 6.21. The van der Waals surface area contributed by atoms with Gasteiger partial charge in [0.2, 0.25) is 0 Å². The van der Waals surface area contributed by atoms with E-state index in [9.17, 15) is 4.79 Å². The Balaban J connectivity index is 1.55. The molecule has 1 aliphatic heterocycles. The van der Waals surface area contributed by atoms with Crippen LogP contribution in [0.5, 0.6) is 0 Å². The Labute approximate surface area is 140 Å². The zero-order chi connectivity index (χ0) is 16.5. The number of amides is 1. The van der Waals surface area contributed by atoms with Gasteiger partial charge in [0.15, 0.2) is 0 Å². The van der Waals surface area contributed by atoms with Crippen LogP contribution < -0.4 is 9.80 Å². The SMILES string of the molecule is CN(C(=O)c1ccc2nc[nH]c2c1)c1ccc(N2CCCC2)cc1. The third kappa shape index (κ3) is 2.62. The minimum Gasteiger partial charge on any atom is -0.372 e. The number of hydrogen-bond donors (Lipinski definition) is 1. The van der Waals surface area contributed by atoms with Crippen molar-refractivity contribution in [3.05, 3.63) is 54.4 Å². The van der Waals surface area contributed by atoms with Gasteiger partial charge in [0, 0.05) is 37.1 Å². The average Bonchev–Trinajstić information content (AvgIpc) is 3.31. The highest BCUT2D eigenvalue weighted by Gasteiger charge is 2.16. The van der Waals surface area contributed by atoms with Crippen molar-refractivity contribution < 1.29 is 4.79 Å². The van der Waals surface area contributed by atoms with Gasteiger partial charge in [-0.05, 0) is 55.3 Å². The van der Waals surface area contributed by atoms with Crippen LogP contribution in [0.2, 0.25) is 0 Å². The molecule has 122 valence electrons. The Kier molecular flexibility index (Phi) is 3.69. The molecule has 0 aliphatic carbocycles. The van der Waals surface area contributed by atoms with E-state index in [1.54, 1.807) is 11.2 Å². The molecule has 0 spiro atoms. The lowest BCUT2D eigenvalue weighted by Crippen LogP contribution is -2.26. The first-order valence-corrected chi connectivity index (χ1v) is 8.28. The molecule has 0 saturated carbocycles. The molecule has 1 N–H and O–H groups in total. The summed E-state index contributed by atoms with van der Waals surface area (Å²) in [7, 11) is 1.81. The molecule has 2 aromatic carbocycles. The van der Waals surface area contributed by atoms with E-state index < -0.39 is 0 Å². The first-order valence-electron chi connectivity index (χ1n) is 8.28. The molecular formula is C19H20N4O. The van der Waals surface area contributed by atoms with Gasteiger partial charge in [-0.3, -0.25) is 4.79 Å². The van der Waals surface area contributed by atoms with E-state index in [1.807, 2.05) is 37.4 Å². The number of aromatic amines is 1. The van der Waals surface area contributed by atoms with Crippen LogP contribution in [0.3, 0.4) is 0 Å². The highest BCUT2D eigenvalue weighted by molar-refractivity contribution is 6.07. The zero-order valence-corrected chi connectivity index (χ0v) is 13.7. The van der Waals surface area contributed by atoms with Gasteiger partial charge in [0.1, 0.15) is 0 Å². The third-order valence-electron chi connectivity index (χ3n) is 4.68. The third-order valence-corrected chi connectivity index (χ3v) is 4.68. The van der Waals surface area contributed by atoms with Gasteiger partial charge < -0.3 is 14.8 Å². The molecule has 0 radical (unpaired) electrons. The van der Waals surface area contributed by atoms with Crippen molar-refractivity contribution in [2.75, 3.05) is 29.9 Å². The smallest absolute Gasteiger partial charge is 0.258 e. The van der Waals surface area contributed by atoms with E-state index >= 15 is 0 Å². The normalized spacial score (nSPS) is 14.3. The number of H-pyrrole nitrogens is 1. The molecule has 24 heavy (non-hydrogen) atoms. The summed E-state index contributed by atoms with van der Waals surface area (Å²) in [5.74, 6) is -0.0274. The van der Waals surface area contributed by atoms with Crippen LogP contribution in [0, 0.1) is 0 Å². The van der Waals surface area contributed by atoms with Crippen LogP contribution in [-0.2, 0) is 0 Å². The summed E-state index contributed by atoms with van der Waals surface area (Å²) in [6, 6.07) is 13.8. The van der Waals surface area contributed by atoms with E-state index in [4.69, 9.17) is 0 Å². The summed E-state index contributed by atoms with van der Waals surface area (Å²) < 4.78 is 0. The van der Waals surface area contributed by atoms with Crippen LogP contribution in [0.25, 0.3) is 11.0 Å². The molecule has 1 amide bonds. The molecule has 1 saturated heterocycles. The number of aromatic nitrogens is 2. The maximum absolute atomic E-state index is 12.7. The number of fused-ring (bicyclic) bond motifs is 1. The van der Waals surface area contributed by atoms with Gasteiger partial charge in [0.25, 0.3) is 5.91 Å². The summed E-state index contributed by atoms with van der Waals surface area (Å²) in [5, 5.41) is 0. The topological polar surface area (TPSA) is 52.2 Å². The molecular weight excluding hydrogens is 300 g/mol. The maximum atomic E-state index is 12.7. The Morgan fingerprint density at radius 3 is 2.62 bits per heavy atom. The monoisotopic (exact) mass is 320 g/mol. The fourth-order valence-electron chi connectivity index (χ4n) is 3.24. The lowest BCUT2D eigenvalue weighted by molar-refractivity contribution is 0.0993. The number of rotatable bonds is 3. The zero-order valence-electron chi connectivity index (χ0n) is 13.7. The van der Waals surface area contributed by atoms with Crippen molar-refractivity contribution in [2.24, 2.45) is 0 Å². The number of anilines is 2. The predicted octanol–water partition coefficient (Wildman–Crippen LogP) is 3.44. The van der Waals surface area contributed by atoms with E-state index in [-0.39, 0.29) is 5.91 Å². The van der Waals surface area contributed by atoms with E-state index in [2.05, 4.69) is 27.0 Å². The molecule has 3 aromatic rings. The summed E-state index contributed by atoms with van der Waals surface area (Å²) in [5.41, 5.74) is 4.52. The van der Waals surface area contributed by atoms with Gasteiger partial charge in [-0.1, -0.05) is 0 Å². The number of nitrogens with zero attached hydrogens (tertiary/aromatic N) is 3. The largest absolute Gasteiger partial charge is 0.372 e. The number of nitrogens with one attached hydrogen (secondary N) is 1. The fraction of sp³-hybridized carbons (Fsp3) is 0.263. The lowest BCUT2D eigenvalue weighted by Gasteiger charge is -2.21. The Hall–Kier alpha value is -2.82. The molecule has 0 bridgehead atoms. The van der Waals surface area contributed by atoms with Gasteiger partial charge in [0.05, 0.1) is 17.4 Å². The number of hydrogen-bond acceptors (Lipinski definition) is 3. The molecule has 2 heterocycles. The van der Waals surface area contributed by atoms with Gasteiger partial charge >= 0.3 is 0 Å². The van der Waals surface area contributed by atoms with Crippen LogP contribution >= 0.6 is 0 Å². The predicted molar refractivity (Wildman–Crippen MR) is 96.7 cm³/mol. The summed E-state index contributed by atoms with van der Waals surface area (Å²) in [6.07, 6.45) is 4.16. The summed E-state index contributed by atoms with van der Waals surface area (Å²) in [4.78, 5) is 24.0. The minimum absolute atomic E-state index is 0.0274. The summed E-state index contributed by atoms with van der Waals surface area (Å²) >= 11 is 0. The van der Waals surface area contributed by atoms with Crippen molar-refractivity contribution >= 4 is 28.3 Å². The summed E-state index contributed by atoms with van der Waals surface area (Å²) in [6.45, 7) is 2.25. The maximum Gasteiger partial charge on any atom is 0.258 e. The molecule has 5 heteroatoms. The van der Waals surface area contributed by atoms with Crippen LogP contribution in [0.15, 0.2) is 48.8 Å². The quantitative estimate of drug-likeness (QED) is 0.804. The highest BCUT2D eigenvalue weighted by atomic mass is 16.2. The molecule has 1 aromatic heterocycles. The van der Waals surface area contributed by atoms with E-state index in [0.29, 0.717) is 5.56 Å². The number of imidazole rings is 1. The van der Waals surface area contributed by atoms with Gasteiger partial charge in [-0.15, -0.1) is 0 Å². The second-order valence-electron chi connectivity index (χ2n) is 6.21.